The Morgan fingerprint density at radius 3 is 1.16 bits per heavy atom. The zero-order chi connectivity index (χ0) is 96.9. The van der Waals surface area contributed by atoms with Gasteiger partial charge in [-0.3, -0.25) is 43.2 Å². The fourth-order valence-electron chi connectivity index (χ4n) is 15.2. The van der Waals surface area contributed by atoms with Crippen LogP contribution in [0.1, 0.15) is 264 Å². The zero-order valence-corrected chi connectivity index (χ0v) is 81.5. The van der Waals surface area contributed by atoms with Crippen LogP contribution in [-0.2, 0) is 120 Å². The Morgan fingerprint density at radius 2 is 0.815 bits per heavy atom. The summed E-state index contributed by atoms with van der Waals surface area (Å²) in [4.78, 5) is 130. The van der Waals surface area contributed by atoms with Gasteiger partial charge in [0.15, 0.2) is 12.2 Å². The quantitative estimate of drug-likeness (QED) is 0.0210. The number of anilines is 1. The number of nitrogens with zero attached hydrogens (tertiary/aromatic N) is 7. The highest BCUT2D eigenvalue weighted by Crippen LogP contribution is 2.43. The van der Waals surface area contributed by atoms with Crippen LogP contribution in [-0.4, -0.2) is 210 Å². The first-order valence-electron chi connectivity index (χ1n) is 47.2. The number of likely N-dealkylation sites (tertiary alicyclic amines) is 1. The molecule has 4 fully saturated rings. The first-order chi connectivity index (χ1) is 64.6. The zero-order valence-electron chi connectivity index (χ0n) is 78.4. The number of carboxylic acid groups (broad SMARTS) is 2. The summed E-state index contributed by atoms with van der Waals surface area (Å²) in [7, 11) is 0. The van der Waals surface area contributed by atoms with Crippen LogP contribution < -0.4 is 19.5 Å². The number of hydrogen-bond donors (Lipinski definition) is 1. The van der Waals surface area contributed by atoms with Crippen molar-refractivity contribution in [3.05, 3.63) is 159 Å². The number of unbranched alkanes of at least 4 members (excludes halogenated alkanes) is 16. The molecule has 0 radical (unpaired) electrons. The summed E-state index contributed by atoms with van der Waals surface area (Å²) >= 11 is 25.3. The van der Waals surface area contributed by atoms with Crippen molar-refractivity contribution in [2.45, 2.75) is 297 Å². The molecule has 748 valence electrons. The third-order valence-electron chi connectivity index (χ3n) is 22.7. The number of esters is 6. The third-order valence-corrected chi connectivity index (χ3v) is 23.8. The second kappa shape index (κ2) is 63.7. The molecule has 135 heavy (non-hydrogen) atoms. The van der Waals surface area contributed by atoms with E-state index in [9.17, 15) is 53.1 Å². The molecule has 4 aliphatic heterocycles. The second-order valence-corrected chi connectivity index (χ2v) is 35.3. The Balaban J connectivity index is 0.000000277. The maximum absolute atomic E-state index is 11.9. The number of imidazole rings is 2. The molecule has 4 aliphatic rings. The number of carbonyl (C=O) groups excluding carboxylic acids is 9. The predicted molar refractivity (Wildman–Crippen MR) is 510 cm³/mol. The molecular formula is C100H140Cl4N7O24-. The molecule has 4 unspecified atom stereocenters. The Kier molecular flexibility index (Phi) is 53.9. The topological polar surface area (TPSA) is 370 Å². The van der Waals surface area contributed by atoms with Gasteiger partial charge in [-0.05, 0) is 117 Å². The number of aromatic nitrogens is 4. The molecule has 31 nitrogen and oxygen atoms in total. The van der Waals surface area contributed by atoms with Crippen molar-refractivity contribution in [1.82, 2.24) is 28.9 Å². The van der Waals surface area contributed by atoms with E-state index in [1.54, 1.807) is 63.2 Å². The van der Waals surface area contributed by atoms with Crippen molar-refractivity contribution < 1.29 is 115 Å². The largest absolute Gasteiger partial charge is 0.550 e. The molecule has 2 aromatic heterocycles. The smallest absolute Gasteiger partial charge is 0.306 e. The summed E-state index contributed by atoms with van der Waals surface area (Å²) in [6, 6.07) is 26.8. The van der Waals surface area contributed by atoms with E-state index in [-0.39, 0.29) is 103 Å². The van der Waals surface area contributed by atoms with E-state index < -0.39 is 78.0 Å². The predicted octanol–water partition coefficient (Wildman–Crippen LogP) is 17.9. The normalized spacial score (nSPS) is 16.8. The van der Waals surface area contributed by atoms with Crippen molar-refractivity contribution in [2.75, 3.05) is 97.0 Å². The third kappa shape index (κ3) is 43.7. The summed E-state index contributed by atoms with van der Waals surface area (Å²) in [5.41, 5.74) is 3.81. The molecular weight excluding hydrogens is 1820 g/mol. The highest BCUT2D eigenvalue weighted by atomic mass is 35.5. The Hall–Kier alpha value is -9.60. The second-order valence-electron chi connectivity index (χ2n) is 33.7. The van der Waals surface area contributed by atoms with Crippen LogP contribution in [0.2, 0.25) is 20.1 Å². The number of aliphatic carboxylic acids is 2. The first-order valence-corrected chi connectivity index (χ1v) is 48.7. The highest BCUT2D eigenvalue weighted by molar-refractivity contribution is 6.35. The van der Waals surface area contributed by atoms with Crippen LogP contribution in [0.4, 0.5) is 5.69 Å². The van der Waals surface area contributed by atoms with E-state index in [1.165, 1.54) is 5.56 Å². The number of ether oxygens (including phenoxy) is 12. The Labute approximate surface area is 815 Å². The van der Waals surface area contributed by atoms with Gasteiger partial charge in [0.25, 0.3) is 0 Å². The van der Waals surface area contributed by atoms with Crippen molar-refractivity contribution in [3.63, 3.8) is 0 Å². The molecule has 4 saturated heterocycles. The van der Waals surface area contributed by atoms with Crippen molar-refractivity contribution in [1.29, 1.82) is 0 Å². The van der Waals surface area contributed by atoms with Gasteiger partial charge in [-0.1, -0.05) is 209 Å². The summed E-state index contributed by atoms with van der Waals surface area (Å²) in [5.74, 6) is -5.48. The number of hydrogen-bond acceptors (Lipinski definition) is 26. The molecule has 0 saturated carbocycles. The van der Waals surface area contributed by atoms with Crippen LogP contribution >= 0.6 is 46.4 Å². The van der Waals surface area contributed by atoms with Gasteiger partial charge in [-0.2, -0.15) is 0 Å². The number of amides is 2. The molecule has 0 aliphatic carbocycles. The summed E-state index contributed by atoms with van der Waals surface area (Å²) in [5, 5.41) is 21.2. The molecule has 0 bridgehead atoms. The van der Waals surface area contributed by atoms with E-state index in [1.807, 2.05) is 79.9 Å². The van der Waals surface area contributed by atoms with Crippen molar-refractivity contribution in [3.8, 4) is 11.5 Å². The molecule has 6 aromatic rings. The molecule has 6 heterocycles. The van der Waals surface area contributed by atoms with Crippen molar-refractivity contribution >= 4 is 112 Å². The lowest BCUT2D eigenvalue weighted by molar-refractivity contribution is -0.305. The Bertz CT molecular complexity index is 4140. The van der Waals surface area contributed by atoms with E-state index in [0.717, 1.165) is 198 Å². The molecule has 0 spiro atoms. The lowest BCUT2D eigenvalue weighted by atomic mass is 9.89. The van der Waals surface area contributed by atoms with E-state index in [0.29, 0.717) is 76.7 Å². The number of carbonyl (C=O) groups is 10. The average molecular weight is 1970 g/mol. The maximum atomic E-state index is 11.9. The number of carboxylic acids is 2. The van der Waals surface area contributed by atoms with Gasteiger partial charge < -0.3 is 95.7 Å². The van der Waals surface area contributed by atoms with Crippen LogP contribution in [0.25, 0.3) is 0 Å². The van der Waals surface area contributed by atoms with Crippen molar-refractivity contribution in [2.24, 2.45) is 0 Å². The summed E-state index contributed by atoms with van der Waals surface area (Å²) < 4.78 is 72.2. The van der Waals surface area contributed by atoms with Gasteiger partial charge in [0, 0.05) is 136 Å². The SMILES string of the molecule is C.CC(=O)N1CCC(c2ccc(OCC3COC(Cn4ccnc4)(c4ccc(Cl)cc4Cl)O3)cc2)CC1.CC(=O)N1CCN(c2ccc(OCC3COC(Cn4ccnc4)(c4ccc(Cl)cc4Cl)O3)cc2)CC1.CCCCCCCC(=O)OCC(COC(=O)CCCCCCC)OC(=O)CCC(=O)O.CCCCCCCC(=O)OCC(COC(=O)CCCCCCC)OC(=O)CCC(=O)[O-]. The van der Waals surface area contributed by atoms with Gasteiger partial charge in [-0.25, -0.2) is 9.97 Å². The maximum Gasteiger partial charge on any atom is 0.306 e. The lowest BCUT2D eigenvalue weighted by Gasteiger charge is -2.35. The lowest BCUT2D eigenvalue weighted by Crippen LogP contribution is -2.48. The number of piperidine rings is 1. The van der Waals surface area contributed by atoms with E-state index >= 15 is 0 Å². The van der Waals surface area contributed by atoms with E-state index in [4.69, 9.17) is 108 Å². The molecule has 10 rings (SSSR count). The van der Waals surface area contributed by atoms with Gasteiger partial charge >= 0.3 is 41.8 Å². The standard InChI is InChI=1S/C27H29Cl2N3O4.C26H28Cl2N4O4.2C23H40O8.CH4/c1-19(33)32-11-8-21(9-12-32)20-2-5-23(6-3-20)34-15-24-16-35-27(36-24,17-31-13-10-30-18-31)25-7-4-22(28)14-26(25)29;1-19(33)31-10-12-32(13-11-31)21-3-5-22(6-4-21)34-15-23-16-35-26(36-23,17-30-9-8-29-18-30)24-7-2-20(27)14-25(24)28;2*1-3-5-7-9-11-13-21(26)29-17-19(31-23(28)16-15-20(24)25)18-30-22(27)14-12-10-8-6-4-2;/h2-7,10,13-14,18,21,24H,8-9,11-12,15-17H2,1H3;2-9,14,18,23H,10-13,15-17H2,1H3;2*19H,3-18H2,1-2H3,(H,24,25);1H4/p-1. The van der Waals surface area contributed by atoms with Gasteiger partial charge in [-0.15, -0.1) is 0 Å². The monoisotopic (exact) mass is 1960 g/mol. The average Bonchev–Trinajstić information content (AvgIpc) is 1.64. The Morgan fingerprint density at radius 1 is 0.452 bits per heavy atom. The summed E-state index contributed by atoms with van der Waals surface area (Å²) in [6.45, 7) is 17.7. The fraction of sp³-hybridized carbons (Fsp3) is 0.600. The highest BCUT2D eigenvalue weighted by Gasteiger charge is 2.47. The molecule has 4 aromatic carbocycles. The van der Waals surface area contributed by atoms with E-state index in [2.05, 4.69) is 54.7 Å². The van der Waals surface area contributed by atoms with Crippen LogP contribution in [0, 0.1) is 0 Å². The number of rotatable bonds is 54. The number of halogens is 4. The minimum atomic E-state index is -1.36. The fourth-order valence-corrected chi connectivity index (χ4v) is 16.3. The minimum Gasteiger partial charge on any atom is -0.550 e. The van der Waals surface area contributed by atoms with Crippen LogP contribution in [0.3, 0.4) is 0 Å². The number of benzene rings is 4. The number of piperazine rings is 1. The van der Waals surface area contributed by atoms with Gasteiger partial charge in [0.1, 0.15) is 63.3 Å². The summed E-state index contributed by atoms with van der Waals surface area (Å²) in [6.07, 6.45) is 29.6. The molecule has 35 heteroatoms. The van der Waals surface area contributed by atoms with Crippen LogP contribution in [0.15, 0.2) is 122 Å². The molecule has 4 atom stereocenters. The van der Waals surface area contributed by atoms with Crippen LogP contribution in [0.5, 0.6) is 11.5 Å². The minimum absolute atomic E-state index is 0. The first kappa shape index (κ1) is 114. The molecule has 1 N–H and O–H groups in total. The van der Waals surface area contributed by atoms with Gasteiger partial charge in [0.2, 0.25) is 23.4 Å². The van der Waals surface area contributed by atoms with Gasteiger partial charge in [0.05, 0.1) is 68.3 Å². The molecule has 2 amide bonds.